The van der Waals surface area contributed by atoms with E-state index in [1.54, 1.807) is 6.33 Å². The number of rotatable bonds is 6. The van der Waals surface area contributed by atoms with Gasteiger partial charge in [-0.15, -0.1) is 5.10 Å². The quantitative estimate of drug-likeness (QED) is 0.882. The van der Waals surface area contributed by atoms with Gasteiger partial charge in [0.2, 0.25) is 0 Å². The molecule has 0 unspecified atom stereocenters. The van der Waals surface area contributed by atoms with Crippen LogP contribution in [-0.4, -0.2) is 39.8 Å². The van der Waals surface area contributed by atoms with Crippen molar-refractivity contribution in [1.82, 2.24) is 20.2 Å². The molecule has 0 spiro atoms. The maximum Gasteiger partial charge on any atom is 0.151 e. The van der Waals surface area contributed by atoms with Gasteiger partial charge in [0, 0.05) is 49.1 Å². The zero-order valence-electron chi connectivity index (χ0n) is 13.7. The molecule has 1 N–H and O–H groups in total. The zero-order chi connectivity index (χ0) is 15.9. The van der Waals surface area contributed by atoms with Crippen LogP contribution in [-0.2, 0) is 0 Å². The van der Waals surface area contributed by atoms with Crippen molar-refractivity contribution in [2.45, 2.75) is 37.5 Å². The summed E-state index contributed by atoms with van der Waals surface area (Å²) in [5.74, 6) is 3.94. The Kier molecular flexibility index (Phi) is 3.35. The lowest BCUT2D eigenvalue weighted by Crippen LogP contribution is -2.50. The smallest absolute Gasteiger partial charge is 0.151 e. The van der Waals surface area contributed by atoms with Crippen LogP contribution in [0.15, 0.2) is 24.5 Å². The fourth-order valence-corrected chi connectivity index (χ4v) is 3.31. The fourth-order valence-electron chi connectivity index (χ4n) is 3.31. The standard InChI is InChI=1S/C18H22N6/c1-2-13(1)15-5-6-18(23-22-15)24-9-12(10-24)8-19-17-7-16(14-3-4-14)20-11-21-17/h5-7,11-14H,1-4,8-10H2,(H,19,20,21). The number of hydrogen-bond donors (Lipinski definition) is 1. The Hall–Kier alpha value is -2.24. The van der Waals surface area contributed by atoms with Crippen molar-refractivity contribution >= 4 is 11.6 Å². The highest BCUT2D eigenvalue weighted by Crippen LogP contribution is 2.39. The van der Waals surface area contributed by atoms with Gasteiger partial charge in [0.1, 0.15) is 12.1 Å². The normalized spacial score (nSPS) is 20.8. The Labute approximate surface area is 141 Å². The third-order valence-corrected chi connectivity index (χ3v) is 5.20. The molecule has 2 aromatic rings. The highest BCUT2D eigenvalue weighted by Gasteiger charge is 2.30. The van der Waals surface area contributed by atoms with Crippen molar-refractivity contribution in [2.24, 2.45) is 5.92 Å². The van der Waals surface area contributed by atoms with Crippen molar-refractivity contribution in [3.05, 3.63) is 35.9 Å². The predicted molar refractivity (Wildman–Crippen MR) is 92.2 cm³/mol. The minimum Gasteiger partial charge on any atom is -0.370 e. The van der Waals surface area contributed by atoms with E-state index in [0.29, 0.717) is 17.8 Å². The van der Waals surface area contributed by atoms with Gasteiger partial charge in [0.05, 0.1) is 5.69 Å². The molecule has 0 bridgehead atoms. The minimum atomic E-state index is 0.634. The summed E-state index contributed by atoms with van der Waals surface area (Å²) in [5, 5.41) is 12.2. The van der Waals surface area contributed by atoms with E-state index in [-0.39, 0.29) is 0 Å². The van der Waals surface area contributed by atoms with Gasteiger partial charge < -0.3 is 10.2 Å². The fraction of sp³-hybridized carbons (Fsp3) is 0.556. The van der Waals surface area contributed by atoms with Gasteiger partial charge >= 0.3 is 0 Å². The molecule has 3 heterocycles. The summed E-state index contributed by atoms with van der Waals surface area (Å²) in [6.45, 7) is 3.02. The van der Waals surface area contributed by atoms with Crippen molar-refractivity contribution in [2.75, 3.05) is 29.9 Å². The van der Waals surface area contributed by atoms with E-state index < -0.39 is 0 Å². The summed E-state index contributed by atoms with van der Waals surface area (Å²) in [6.07, 6.45) is 6.78. The first-order valence-electron chi connectivity index (χ1n) is 8.99. The number of nitrogens with zero attached hydrogens (tertiary/aromatic N) is 5. The third kappa shape index (κ3) is 2.92. The molecule has 1 saturated heterocycles. The van der Waals surface area contributed by atoms with E-state index in [2.05, 4.69) is 48.6 Å². The van der Waals surface area contributed by atoms with Gasteiger partial charge in [-0.25, -0.2) is 9.97 Å². The maximum absolute atomic E-state index is 4.39. The van der Waals surface area contributed by atoms with Crippen LogP contribution in [0, 0.1) is 5.92 Å². The summed E-state index contributed by atoms with van der Waals surface area (Å²) in [7, 11) is 0. The van der Waals surface area contributed by atoms with E-state index in [9.17, 15) is 0 Å². The Balaban J connectivity index is 1.12. The Bertz CT molecular complexity index is 717. The lowest BCUT2D eigenvalue weighted by molar-refractivity contribution is 0.425. The van der Waals surface area contributed by atoms with E-state index in [1.807, 2.05) is 0 Å². The van der Waals surface area contributed by atoms with Crippen LogP contribution >= 0.6 is 0 Å². The first-order chi connectivity index (χ1) is 11.8. The van der Waals surface area contributed by atoms with Crippen LogP contribution in [0.25, 0.3) is 0 Å². The third-order valence-electron chi connectivity index (χ3n) is 5.20. The number of aromatic nitrogens is 4. The van der Waals surface area contributed by atoms with Crippen LogP contribution in [0.4, 0.5) is 11.6 Å². The van der Waals surface area contributed by atoms with Crippen molar-refractivity contribution in [1.29, 1.82) is 0 Å². The summed E-state index contributed by atoms with van der Waals surface area (Å²) in [6, 6.07) is 6.37. The lowest BCUT2D eigenvalue weighted by atomic mass is 10.0. The van der Waals surface area contributed by atoms with Gasteiger partial charge in [-0.2, -0.15) is 5.10 Å². The van der Waals surface area contributed by atoms with E-state index >= 15 is 0 Å². The van der Waals surface area contributed by atoms with E-state index in [4.69, 9.17) is 0 Å². The molecule has 5 rings (SSSR count). The number of nitrogens with one attached hydrogen (secondary N) is 1. The van der Waals surface area contributed by atoms with Gasteiger partial charge in [-0.1, -0.05) is 0 Å². The van der Waals surface area contributed by atoms with Crippen LogP contribution in [0.2, 0.25) is 0 Å². The molecule has 3 aliphatic rings. The Morgan fingerprint density at radius 1 is 0.958 bits per heavy atom. The molecule has 124 valence electrons. The highest BCUT2D eigenvalue weighted by atomic mass is 15.3. The monoisotopic (exact) mass is 322 g/mol. The number of anilines is 2. The molecule has 0 radical (unpaired) electrons. The lowest BCUT2D eigenvalue weighted by Gasteiger charge is -2.40. The summed E-state index contributed by atoms with van der Waals surface area (Å²) >= 11 is 0. The van der Waals surface area contributed by atoms with Crippen molar-refractivity contribution in [3.63, 3.8) is 0 Å². The first kappa shape index (κ1) is 14.1. The van der Waals surface area contributed by atoms with Gasteiger partial charge in [-0.05, 0) is 37.8 Å². The molecule has 6 heteroatoms. The zero-order valence-corrected chi connectivity index (χ0v) is 13.7. The minimum absolute atomic E-state index is 0.634. The molecule has 6 nitrogen and oxygen atoms in total. The Morgan fingerprint density at radius 2 is 1.75 bits per heavy atom. The largest absolute Gasteiger partial charge is 0.370 e. The molecular formula is C18H22N6. The summed E-state index contributed by atoms with van der Waals surface area (Å²) in [4.78, 5) is 11.0. The molecule has 2 saturated carbocycles. The molecule has 3 fully saturated rings. The average Bonchev–Trinajstić information content (AvgIpc) is 3.48. The molecule has 24 heavy (non-hydrogen) atoms. The summed E-state index contributed by atoms with van der Waals surface area (Å²) < 4.78 is 0. The molecule has 1 aliphatic heterocycles. The summed E-state index contributed by atoms with van der Waals surface area (Å²) in [5.41, 5.74) is 2.35. The molecule has 0 atom stereocenters. The average molecular weight is 322 g/mol. The molecule has 0 aromatic carbocycles. The highest BCUT2D eigenvalue weighted by molar-refractivity contribution is 5.42. The van der Waals surface area contributed by atoms with Gasteiger partial charge in [-0.3, -0.25) is 0 Å². The van der Waals surface area contributed by atoms with Gasteiger partial charge in [0.15, 0.2) is 5.82 Å². The topological polar surface area (TPSA) is 66.8 Å². The first-order valence-corrected chi connectivity index (χ1v) is 8.99. The second kappa shape index (κ2) is 5.69. The SMILES string of the molecule is c1nc(NCC2CN(c3ccc(C4CC4)nn3)C2)cc(C2CC2)n1. The Morgan fingerprint density at radius 3 is 2.46 bits per heavy atom. The molecule has 0 amide bonds. The van der Waals surface area contributed by atoms with Crippen LogP contribution < -0.4 is 10.2 Å². The second-order valence-electron chi connectivity index (χ2n) is 7.34. The maximum atomic E-state index is 4.39. The van der Waals surface area contributed by atoms with Crippen LogP contribution in [0.1, 0.15) is 48.9 Å². The molecule has 2 aromatic heterocycles. The number of hydrogen-bond acceptors (Lipinski definition) is 6. The second-order valence-corrected chi connectivity index (χ2v) is 7.34. The molecule has 2 aliphatic carbocycles. The van der Waals surface area contributed by atoms with E-state index in [1.165, 1.54) is 31.4 Å². The van der Waals surface area contributed by atoms with Crippen molar-refractivity contribution < 1.29 is 0 Å². The van der Waals surface area contributed by atoms with E-state index in [0.717, 1.165) is 37.0 Å². The van der Waals surface area contributed by atoms with Gasteiger partial charge in [0.25, 0.3) is 0 Å². The van der Waals surface area contributed by atoms with Crippen LogP contribution in [0.3, 0.4) is 0 Å². The molecular weight excluding hydrogens is 300 g/mol. The van der Waals surface area contributed by atoms with Crippen LogP contribution in [0.5, 0.6) is 0 Å². The predicted octanol–water partition coefficient (Wildman–Crippen LogP) is 2.57. The van der Waals surface area contributed by atoms with Crippen molar-refractivity contribution in [3.8, 4) is 0 Å².